The maximum absolute atomic E-state index is 5.67. The van der Waals surface area contributed by atoms with Gasteiger partial charge in [0, 0.05) is 0 Å². The normalized spacial score (nSPS) is 49.2. The van der Waals surface area contributed by atoms with E-state index in [1.165, 1.54) is 6.42 Å². The second-order valence-corrected chi connectivity index (χ2v) is 3.72. The first kappa shape index (κ1) is 8.06. The van der Waals surface area contributed by atoms with Crippen molar-refractivity contribution in [1.29, 1.82) is 0 Å². The molecule has 4 atom stereocenters. The zero-order chi connectivity index (χ0) is 7.72. The molecule has 1 fully saturated rings. The van der Waals surface area contributed by atoms with E-state index < -0.39 is 0 Å². The van der Waals surface area contributed by atoms with Gasteiger partial charge in [-0.2, -0.15) is 0 Å². The maximum atomic E-state index is 5.67. The standard InChI is InChI=1S/C9H18O/c1-6-5-7(2)10-9(4)8(6)3/h6-9H,5H2,1-4H3/t6-,7+,8-,9+/m1/s1. The van der Waals surface area contributed by atoms with Gasteiger partial charge in [0.05, 0.1) is 12.2 Å². The first-order chi connectivity index (χ1) is 4.61. The topological polar surface area (TPSA) is 9.23 Å². The molecular weight excluding hydrogens is 124 g/mol. The molecule has 0 aromatic rings. The highest BCUT2D eigenvalue weighted by molar-refractivity contribution is 4.76. The molecule has 1 aliphatic heterocycles. The molecule has 1 rings (SSSR count). The van der Waals surface area contributed by atoms with E-state index in [-0.39, 0.29) is 0 Å². The third kappa shape index (κ3) is 1.51. The zero-order valence-electron chi connectivity index (χ0n) is 7.42. The Morgan fingerprint density at radius 2 is 1.70 bits per heavy atom. The fourth-order valence-electron chi connectivity index (χ4n) is 1.75. The second-order valence-electron chi connectivity index (χ2n) is 3.72. The van der Waals surface area contributed by atoms with Gasteiger partial charge in [-0.05, 0) is 32.1 Å². The smallest absolute Gasteiger partial charge is 0.0578 e. The molecular formula is C9H18O. The van der Waals surface area contributed by atoms with E-state index in [9.17, 15) is 0 Å². The highest BCUT2D eigenvalue weighted by Gasteiger charge is 2.27. The molecule has 0 aromatic heterocycles. The van der Waals surface area contributed by atoms with E-state index in [0.717, 1.165) is 11.8 Å². The van der Waals surface area contributed by atoms with Gasteiger partial charge in [-0.1, -0.05) is 13.8 Å². The lowest BCUT2D eigenvalue weighted by Crippen LogP contribution is -2.35. The lowest BCUT2D eigenvalue weighted by Gasteiger charge is -2.35. The average molecular weight is 142 g/mol. The zero-order valence-corrected chi connectivity index (χ0v) is 7.42. The summed E-state index contributed by atoms with van der Waals surface area (Å²) < 4.78 is 5.67. The summed E-state index contributed by atoms with van der Waals surface area (Å²) in [6, 6.07) is 0. The van der Waals surface area contributed by atoms with Crippen LogP contribution in [0, 0.1) is 11.8 Å². The number of rotatable bonds is 0. The molecule has 1 heteroatoms. The molecule has 0 N–H and O–H groups in total. The fourth-order valence-corrected chi connectivity index (χ4v) is 1.75. The largest absolute Gasteiger partial charge is 0.375 e. The van der Waals surface area contributed by atoms with Crippen LogP contribution < -0.4 is 0 Å². The summed E-state index contributed by atoms with van der Waals surface area (Å²) in [6.07, 6.45) is 2.16. The Morgan fingerprint density at radius 3 is 2.20 bits per heavy atom. The third-order valence-corrected chi connectivity index (χ3v) is 2.79. The van der Waals surface area contributed by atoms with Gasteiger partial charge in [0.2, 0.25) is 0 Å². The lowest BCUT2D eigenvalue weighted by atomic mass is 9.85. The van der Waals surface area contributed by atoms with E-state index in [0.29, 0.717) is 12.2 Å². The van der Waals surface area contributed by atoms with Crippen LogP contribution in [0.2, 0.25) is 0 Å². The molecule has 60 valence electrons. The van der Waals surface area contributed by atoms with E-state index in [4.69, 9.17) is 4.74 Å². The Kier molecular flexibility index (Phi) is 2.35. The van der Waals surface area contributed by atoms with Gasteiger partial charge in [-0.15, -0.1) is 0 Å². The molecule has 0 aliphatic carbocycles. The molecule has 0 unspecified atom stereocenters. The minimum Gasteiger partial charge on any atom is -0.375 e. The summed E-state index contributed by atoms with van der Waals surface area (Å²) in [5.74, 6) is 1.56. The highest BCUT2D eigenvalue weighted by Crippen LogP contribution is 2.29. The summed E-state index contributed by atoms with van der Waals surface area (Å²) >= 11 is 0. The Labute approximate surface area is 63.8 Å². The SMILES string of the molecule is C[C@@H]1[C@H](C)C[C@H](C)O[C@H]1C. The Hall–Kier alpha value is -0.0400. The molecule has 0 spiro atoms. The summed E-state index contributed by atoms with van der Waals surface area (Å²) in [5.41, 5.74) is 0. The van der Waals surface area contributed by atoms with Crippen LogP contribution in [0.25, 0.3) is 0 Å². The minimum absolute atomic E-state index is 0.457. The molecule has 0 radical (unpaired) electrons. The molecule has 0 saturated carbocycles. The van der Waals surface area contributed by atoms with Crippen molar-refractivity contribution in [3.05, 3.63) is 0 Å². The summed E-state index contributed by atoms with van der Waals surface area (Å²) in [4.78, 5) is 0. The molecule has 0 bridgehead atoms. The van der Waals surface area contributed by atoms with E-state index in [2.05, 4.69) is 27.7 Å². The third-order valence-electron chi connectivity index (χ3n) is 2.79. The van der Waals surface area contributed by atoms with Crippen LogP contribution >= 0.6 is 0 Å². The molecule has 1 aliphatic rings. The summed E-state index contributed by atoms with van der Waals surface area (Å²) in [7, 11) is 0. The van der Waals surface area contributed by atoms with E-state index >= 15 is 0 Å². The second kappa shape index (κ2) is 2.91. The van der Waals surface area contributed by atoms with E-state index in [1.54, 1.807) is 0 Å². The van der Waals surface area contributed by atoms with Crippen molar-refractivity contribution >= 4 is 0 Å². The van der Waals surface area contributed by atoms with Crippen molar-refractivity contribution in [2.45, 2.75) is 46.3 Å². The first-order valence-electron chi connectivity index (χ1n) is 4.26. The number of hydrogen-bond donors (Lipinski definition) is 0. The van der Waals surface area contributed by atoms with Gasteiger partial charge in [-0.25, -0.2) is 0 Å². The first-order valence-corrected chi connectivity index (χ1v) is 4.26. The van der Waals surface area contributed by atoms with Gasteiger partial charge in [0.15, 0.2) is 0 Å². The molecule has 1 nitrogen and oxygen atoms in total. The molecule has 0 amide bonds. The van der Waals surface area contributed by atoms with Crippen LogP contribution in [0.15, 0.2) is 0 Å². The molecule has 1 heterocycles. The van der Waals surface area contributed by atoms with Crippen molar-refractivity contribution in [2.75, 3.05) is 0 Å². The Bertz CT molecular complexity index is 99.3. The minimum atomic E-state index is 0.457. The van der Waals surface area contributed by atoms with Crippen molar-refractivity contribution in [3.63, 3.8) is 0 Å². The van der Waals surface area contributed by atoms with Crippen LogP contribution in [-0.2, 0) is 4.74 Å². The molecule has 10 heavy (non-hydrogen) atoms. The fraction of sp³-hybridized carbons (Fsp3) is 1.00. The van der Waals surface area contributed by atoms with Gasteiger partial charge >= 0.3 is 0 Å². The van der Waals surface area contributed by atoms with Gasteiger partial charge in [0.1, 0.15) is 0 Å². The van der Waals surface area contributed by atoms with Crippen molar-refractivity contribution in [1.82, 2.24) is 0 Å². The van der Waals surface area contributed by atoms with Crippen molar-refractivity contribution < 1.29 is 4.74 Å². The molecule has 0 aromatic carbocycles. The van der Waals surface area contributed by atoms with Crippen LogP contribution in [0.3, 0.4) is 0 Å². The van der Waals surface area contributed by atoms with Gasteiger partial charge < -0.3 is 4.74 Å². The van der Waals surface area contributed by atoms with Crippen LogP contribution in [0.5, 0.6) is 0 Å². The van der Waals surface area contributed by atoms with Crippen molar-refractivity contribution in [2.24, 2.45) is 11.8 Å². The predicted octanol–water partition coefficient (Wildman–Crippen LogP) is 2.46. The van der Waals surface area contributed by atoms with Crippen LogP contribution in [0.4, 0.5) is 0 Å². The number of ether oxygens (including phenoxy) is 1. The molecule has 1 saturated heterocycles. The monoisotopic (exact) mass is 142 g/mol. The maximum Gasteiger partial charge on any atom is 0.0578 e. The van der Waals surface area contributed by atoms with Crippen LogP contribution in [0.1, 0.15) is 34.1 Å². The van der Waals surface area contributed by atoms with Crippen LogP contribution in [-0.4, -0.2) is 12.2 Å². The Balaban J connectivity index is 2.49. The summed E-state index contributed by atoms with van der Waals surface area (Å²) in [5, 5.41) is 0. The quantitative estimate of drug-likeness (QED) is 0.505. The van der Waals surface area contributed by atoms with Crippen molar-refractivity contribution in [3.8, 4) is 0 Å². The van der Waals surface area contributed by atoms with Gasteiger partial charge in [-0.3, -0.25) is 0 Å². The van der Waals surface area contributed by atoms with E-state index in [1.807, 2.05) is 0 Å². The highest BCUT2D eigenvalue weighted by atomic mass is 16.5. The Morgan fingerprint density at radius 1 is 1.10 bits per heavy atom. The number of hydrogen-bond acceptors (Lipinski definition) is 1. The predicted molar refractivity (Wildman–Crippen MR) is 43.0 cm³/mol. The summed E-state index contributed by atoms with van der Waals surface area (Å²) in [6.45, 7) is 8.94. The van der Waals surface area contributed by atoms with Gasteiger partial charge in [0.25, 0.3) is 0 Å². The lowest BCUT2D eigenvalue weighted by molar-refractivity contribution is -0.0828. The average Bonchev–Trinajstić information content (AvgIpc) is 1.82.